The molecule has 0 radical (unpaired) electrons. The third-order valence-electron chi connectivity index (χ3n) is 4.93. The second-order valence-corrected chi connectivity index (χ2v) is 7.02. The molecule has 1 aliphatic heterocycles. The van der Waals surface area contributed by atoms with Crippen molar-refractivity contribution in [3.63, 3.8) is 0 Å². The maximum absolute atomic E-state index is 5.54. The van der Waals surface area contributed by atoms with Crippen molar-refractivity contribution in [1.29, 1.82) is 0 Å². The van der Waals surface area contributed by atoms with Crippen LogP contribution < -0.4 is 5.32 Å². The van der Waals surface area contributed by atoms with Crippen LogP contribution in [0.4, 0.5) is 0 Å². The number of rotatable bonds is 6. The largest absolute Gasteiger partial charge is 0.381 e. The monoisotopic (exact) mass is 331 g/mol. The third-order valence-corrected chi connectivity index (χ3v) is 4.93. The average molecular weight is 331 g/mol. The molecule has 0 aromatic carbocycles. The van der Waals surface area contributed by atoms with E-state index in [0.29, 0.717) is 12.0 Å². The predicted octanol–water partition coefficient (Wildman–Crippen LogP) is 2.76. The third kappa shape index (κ3) is 3.70. The molecule has 1 fully saturated rings. The van der Waals surface area contributed by atoms with Crippen LogP contribution in [0.5, 0.6) is 0 Å². The Balaban J connectivity index is 1.76. The van der Waals surface area contributed by atoms with Crippen LogP contribution in [-0.2, 0) is 18.3 Å². The van der Waals surface area contributed by atoms with Gasteiger partial charge < -0.3 is 14.6 Å². The molecule has 1 N–H and O–H groups in total. The molecule has 1 aliphatic rings. The Morgan fingerprint density at radius 2 is 2.08 bits per heavy atom. The van der Waals surface area contributed by atoms with Crippen LogP contribution >= 0.6 is 0 Å². The average Bonchev–Trinajstić information content (AvgIpc) is 3.15. The van der Waals surface area contributed by atoms with E-state index in [2.05, 4.69) is 54.0 Å². The zero-order chi connectivity index (χ0) is 17.1. The van der Waals surface area contributed by atoms with Crippen molar-refractivity contribution in [1.82, 2.24) is 24.6 Å². The summed E-state index contributed by atoms with van der Waals surface area (Å²) in [5.41, 5.74) is 2.36. The van der Waals surface area contributed by atoms with E-state index in [0.717, 1.165) is 44.1 Å². The van der Waals surface area contributed by atoms with Crippen molar-refractivity contribution in [2.45, 2.75) is 52.2 Å². The van der Waals surface area contributed by atoms with Crippen LogP contribution in [0.3, 0.4) is 0 Å². The Kier molecular flexibility index (Phi) is 5.36. The molecule has 0 saturated carbocycles. The Morgan fingerprint density at radius 3 is 2.67 bits per heavy atom. The van der Waals surface area contributed by atoms with Crippen LogP contribution in [0.15, 0.2) is 18.6 Å². The minimum Gasteiger partial charge on any atom is -0.381 e. The van der Waals surface area contributed by atoms with E-state index in [4.69, 9.17) is 4.74 Å². The molecule has 0 aliphatic carbocycles. The lowest BCUT2D eigenvalue weighted by Crippen LogP contribution is -2.33. The zero-order valence-corrected chi connectivity index (χ0v) is 15.2. The van der Waals surface area contributed by atoms with Gasteiger partial charge in [-0.2, -0.15) is 5.10 Å². The van der Waals surface area contributed by atoms with Gasteiger partial charge in [-0.25, -0.2) is 4.98 Å². The van der Waals surface area contributed by atoms with Gasteiger partial charge in [-0.3, -0.25) is 4.68 Å². The number of nitrogens with zero attached hydrogens (tertiary/aromatic N) is 4. The fourth-order valence-corrected chi connectivity index (χ4v) is 3.37. The summed E-state index contributed by atoms with van der Waals surface area (Å²) in [6, 6.07) is 0.633. The van der Waals surface area contributed by atoms with Crippen LogP contribution in [0, 0.1) is 12.8 Å². The minimum atomic E-state index is 0.246. The van der Waals surface area contributed by atoms with Crippen molar-refractivity contribution in [3.05, 3.63) is 35.7 Å². The van der Waals surface area contributed by atoms with Gasteiger partial charge in [-0.1, -0.05) is 0 Å². The summed E-state index contributed by atoms with van der Waals surface area (Å²) in [6.45, 7) is 8.90. The molecule has 0 spiro atoms. The van der Waals surface area contributed by atoms with Gasteiger partial charge in [-0.05, 0) is 39.5 Å². The zero-order valence-electron chi connectivity index (χ0n) is 15.2. The lowest BCUT2D eigenvalue weighted by molar-refractivity contribution is 0.0518. The normalized spacial score (nSPS) is 17.5. The quantitative estimate of drug-likeness (QED) is 0.884. The predicted molar refractivity (Wildman–Crippen MR) is 93.7 cm³/mol. The molecule has 2 aromatic rings. The number of imidazole rings is 1. The van der Waals surface area contributed by atoms with E-state index >= 15 is 0 Å². The van der Waals surface area contributed by atoms with E-state index < -0.39 is 0 Å². The standard InChI is InChI=1S/C18H29N5O/c1-13(2)23-12-16(14(3)21-23)11-20-17(15-5-9-24-10-6-15)18-19-7-8-22(18)4/h7-8,12-13,15,17,20H,5-6,9-11H2,1-4H3/t17-/m0/s1. The highest BCUT2D eigenvalue weighted by molar-refractivity contribution is 5.16. The molecule has 6 heteroatoms. The van der Waals surface area contributed by atoms with Crippen molar-refractivity contribution < 1.29 is 4.74 Å². The Hall–Kier alpha value is -1.66. The van der Waals surface area contributed by atoms with Gasteiger partial charge in [0.05, 0.1) is 11.7 Å². The summed E-state index contributed by atoms with van der Waals surface area (Å²) >= 11 is 0. The van der Waals surface area contributed by atoms with Gasteiger partial charge in [0.1, 0.15) is 5.82 Å². The van der Waals surface area contributed by atoms with E-state index in [9.17, 15) is 0 Å². The highest BCUT2D eigenvalue weighted by Crippen LogP contribution is 2.29. The van der Waals surface area contributed by atoms with Crippen LogP contribution in [0.2, 0.25) is 0 Å². The Labute approximate surface area is 144 Å². The first-order valence-corrected chi connectivity index (χ1v) is 8.89. The van der Waals surface area contributed by atoms with Crippen molar-refractivity contribution in [2.24, 2.45) is 13.0 Å². The number of aromatic nitrogens is 4. The molecule has 0 amide bonds. The van der Waals surface area contributed by atoms with Gasteiger partial charge >= 0.3 is 0 Å². The molecular weight excluding hydrogens is 302 g/mol. The molecular formula is C18H29N5O. The summed E-state index contributed by atoms with van der Waals surface area (Å²) in [5.74, 6) is 1.66. The Morgan fingerprint density at radius 1 is 1.33 bits per heavy atom. The number of nitrogens with one attached hydrogen (secondary N) is 1. The summed E-state index contributed by atoms with van der Waals surface area (Å²) in [7, 11) is 2.07. The molecule has 1 saturated heterocycles. The van der Waals surface area contributed by atoms with Gasteiger partial charge in [0.2, 0.25) is 0 Å². The lowest BCUT2D eigenvalue weighted by Gasteiger charge is -2.30. The van der Waals surface area contributed by atoms with Gasteiger partial charge in [0.25, 0.3) is 0 Å². The maximum Gasteiger partial charge on any atom is 0.125 e. The minimum absolute atomic E-state index is 0.246. The summed E-state index contributed by atoms with van der Waals surface area (Å²) in [5, 5.41) is 8.37. The fourth-order valence-electron chi connectivity index (χ4n) is 3.37. The number of hydrogen-bond acceptors (Lipinski definition) is 4. The van der Waals surface area contributed by atoms with Crippen LogP contribution in [0.25, 0.3) is 0 Å². The summed E-state index contributed by atoms with van der Waals surface area (Å²) in [6.07, 6.45) is 8.22. The second-order valence-electron chi connectivity index (χ2n) is 7.02. The number of ether oxygens (including phenoxy) is 1. The first-order valence-electron chi connectivity index (χ1n) is 8.89. The van der Waals surface area contributed by atoms with Gasteiger partial charge in [0, 0.05) is 57.0 Å². The van der Waals surface area contributed by atoms with E-state index in [1.807, 2.05) is 17.1 Å². The lowest BCUT2D eigenvalue weighted by atomic mass is 9.91. The topological polar surface area (TPSA) is 56.9 Å². The van der Waals surface area contributed by atoms with Crippen molar-refractivity contribution in [2.75, 3.05) is 13.2 Å². The molecule has 6 nitrogen and oxygen atoms in total. The first-order chi connectivity index (χ1) is 11.6. The molecule has 3 heterocycles. The smallest absolute Gasteiger partial charge is 0.125 e. The van der Waals surface area contributed by atoms with E-state index in [1.165, 1.54) is 5.56 Å². The fraction of sp³-hybridized carbons (Fsp3) is 0.667. The van der Waals surface area contributed by atoms with Crippen molar-refractivity contribution >= 4 is 0 Å². The molecule has 1 atom stereocenters. The van der Waals surface area contributed by atoms with Crippen LogP contribution in [0.1, 0.15) is 55.9 Å². The van der Waals surface area contributed by atoms with E-state index in [-0.39, 0.29) is 6.04 Å². The van der Waals surface area contributed by atoms with Gasteiger partial charge in [0.15, 0.2) is 0 Å². The highest BCUT2D eigenvalue weighted by atomic mass is 16.5. The van der Waals surface area contributed by atoms with Crippen molar-refractivity contribution in [3.8, 4) is 0 Å². The van der Waals surface area contributed by atoms with E-state index in [1.54, 1.807) is 0 Å². The number of aryl methyl sites for hydroxylation is 2. The molecule has 24 heavy (non-hydrogen) atoms. The summed E-state index contributed by atoms with van der Waals surface area (Å²) < 4.78 is 9.70. The maximum atomic E-state index is 5.54. The molecule has 0 bridgehead atoms. The van der Waals surface area contributed by atoms with Gasteiger partial charge in [-0.15, -0.1) is 0 Å². The molecule has 3 rings (SSSR count). The molecule has 132 valence electrons. The first kappa shape index (κ1) is 17.2. The Bertz CT molecular complexity index is 654. The molecule has 0 unspecified atom stereocenters. The number of hydrogen-bond donors (Lipinski definition) is 1. The second kappa shape index (κ2) is 7.49. The molecule has 2 aromatic heterocycles. The summed E-state index contributed by atoms with van der Waals surface area (Å²) in [4.78, 5) is 4.60. The highest BCUT2D eigenvalue weighted by Gasteiger charge is 2.28. The SMILES string of the molecule is Cc1nn(C(C)C)cc1CN[C@H](c1nccn1C)C1CCOCC1. The van der Waals surface area contributed by atoms with Crippen LogP contribution in [-0.4, -0.2) is 32.5 Å².